The number of urea groups is 1. The van der Waals surface area contributed by atoms with Crippen molar-refractivity contribution < 1.29 is 27.5 Å². The van der Waals surface area contributed by atoms with E-state index in [1.807, 2.05) is 0 Å². The van der Waals surface area contributed by atoms with Gasteiger partial charge in [0.15, 0.2) is 5.03 Å². The van der Waals surface area contributed by atoms with E-state index >= 15 is 0 Å². The minimum Gasteiger partial charge on any atom is -0.467 e. The van der Waals surface area contributed by atoms with E-state index in [4.69, 9.17) is 27.9 Å². The minimum atomic E-state index is -4.04. The number of amides is 3. The second-order valence-corrected chi connectivity index (χ2v) is 11.5. The van der Waals surface area contributed by atoms with Gasteiger partial charge in [0, 0.05) is 18.3 Å². The maximum atomic E-state index is 13.1. The van der Waals surface area contributed by atoms with Crippen molar-refractivity contribution in [1.82, 2.24) is 10.3 Å². The number of halogens is 2. The highest BCUT2D eigenvalue weighted by molar-refractivity contribution is 7.91. The Kier molecular flexibility index (Phi) is 9.79. The Morgan fingerprint density at radius 1 is 0.857 bits per heavy atom. The van der Waals surface area contributed by atoms with Crippen LogP contribution in [0.15, 0.2) is 101 Å². The number of anilines is 2. The second-order valence-electron chi connectivity index (χ2n) is 8.80. The highest BCUT2D eigenvalue weighted by Gasteiger charge is 2.26. The zero-order chi connectivity index (χ0) is 30.3. The van der Waals surface area contributed by atoms with Gasteiger partial charge in [0.05, 0.1) is 33.3 Å². The molecule has 0 aliphatic carbocycles. The van der Waals surface area contributed by atoms with E-state index in [2.05, 4.69) is 20.9 Å². The second kappa shape index (κ2) is 13.5. The molecule has 0 fully saturated rings. The molecule has 1 heterocycles. The first-order valence-electron chi connectivity index (χ1n) is 12.3. The van der Waals surface area contributed by atoms with Crippen LogP contribution in [0, 0.1) is 0 Å². The van der Waals surface area contributed by atoms with E-state index in [9.17, 15) is 22.8 Å². The fourth-order valence-corrected chi connectivity index (χ4v) is 5.85. The number of carbonyl (C=O) groups excluding carboxylic acids is 3. The van der Waals surface area contributed by atoms with Gasteiger partial charge >= 0.3 is 12.0 Å². The molecule has 3 amide bonds. The van der Waals surface area contributed by atoms with Crippen LogP contribution >= 0.6 is 23.2 Å². The number of nitrogens with one attached hydrogen (secondary N) is 3. The standard InChI is InChI=1S/C29H24Cl2N4O6S/c1-41-28(37)24(17-18-12-14-19(15-13-18)33-26(36)25-21(30)9-5-10-22(25)31)35-29(38)34-23-11-6-16-32-27(23)42(39,40)20-7-3-2-4-8-20/h2-16,24H,17H2,1H3,(H,33,36)(H2,34,35,38)/t24-/m0/s1. The minimum absolute atomic E-state index is 0.00851. The highest BCUT2D eigenvalue weighted by Crippen LogP contribution is 2.26. The molecule has 4 rings (SSSR count). The molecule has 1 aromatic heterocycles. The molecular weight excluding hydrogens is 603 g/mol. The van der Waals surface area contributed by atoms with Crippen LogP contribution in [0.25, 0.3) is 0 Å². The van der Waals surface area contributed by atoms with Gasteiger partial charge < -0.3 is 20.7 Å². The molecule has 0 aliphatic rings. The summed E-state index contributed by atoms with van der Waals surface area (Å²) in [5.74, 6) is -1.22. The highest BCUT2D eigenvalue weighted by atomic mass is 35.5. The van der Waals surface area contributed by atoms with Crippen LogP contribution in [0.1, 0.15) is 15.9 Å². The van der Waals surface area contributed by atoms with Crippen molar-refractivity contribution in [3.63, 3.8) is 0 Å². The Morgan fingerprint density at radius 3 is 2.17 bits per heavy atom. The van der Waals surface area contributed by atoms with Crippen LogP contribution in [0.3, 0.4) is 0 Å². The lowest BCUT2D eigenvalue weighted by Gasteiger charge is -2.18. The van der Waals surface area contributed by atoms with Crippen LogP contribution in [-0.2, 0) is 25.8 Å². The van der Waals surface area contributed by atoms with Crippen molar-refractivity contribution in [3.8, 4) is 0 Å². The number of rotatable bonds is 9. The summed E-state index contributed by atoms with van der Waals surface area (Å²) < 4.78 is 31.1. The molecule has 0 aliphatic heterocycles. The molecule has 0 spiro atoms. The molecule has 3 N–H and O–H groups in total. The molecule has 0 radical (unpaired) electrons. The van der Waals surface area contributed by atoms with Gasteiger partial charge in [-0.3, -0.25) is 4.79 Å². The van der Waals surface area contributed by atoms with Gasteiger partial charge in [-0.25, -0.2) is 23.0 Å². The summed E-state index contributed by atoms with van der Waals surface area (Å²) in [6, 6.07) is 19.8. The van der Waals surface area contributed by atoms with Crippen molar-refractivity contribution in [2.75, 3.05) is 17.7 Å². The fraction of sp³-hybridized carbons (Fsp3) is 0.103. The smallest absolute Gasteiger partial charge is 0.328 e. The normalized spacial score (nSPS) is 11.7. The summed E-state index contributed by atoms with van der Waals surface area (Å²) >= 11 is 12.2. The first kappa shape index (κ1) is 30.5. The van der Waals surface area contributed by atoms with E-state index in [-0.39, 0.29) is 37.6 Å². The van der Waals surface area contributed by atoms with E-state index in [1.54, 1.807) is 60.7 Å². The van der Waals surface area contributed by atoms with Crippen molar-refractivity contribution in [1.29, 1.82) is 0 Å². The van der Waals surface area contributed by atoms with Gasteiger partial charge in [0.1, 0.15) is 6.04 Å². The number of ether oxygens (including phenoxy) is 1. The van der Waals surface area contributed by atoms with E-state index < -0.39 is 33.8 Å². The lowest BCUT2D eigenvalue weighted by Crippen LogP contribution is -2.45. The quantitative estimate of drug-likeness (QED) is 0.212. The average molecular weight is 628 g/mol. The van der Waals surface area contributed by atoms with Crippen LogP contribution in [0.4, 0.5) is 16.2 Å². The number of aromatic nitrogens is 1. The predicted octanol–water partition coefficient (Wildman–Crippen LogP) is 5.38. The average Bonchev–Trinajstić information content (AvgIpc) is 2.98. The molecular formula is C29H24Cl2N4O6S. The summed E-state index contributed by atoms with van der Waals surface area (Å²) in [4.78, 5) is 42.0. The van der Waals surface area contributed by atoms with E-state index in [1.165, 1.54) is 37.6 Å². The molecule has 4 aromatic rings. The molecule has 13 heteroatoms. The third kappa shape index (κ3) is 7.24. The van der Waals surface area contributed by atoms with Gasteiger partial charge in [-0.1, -0.05) is 59.6 Å². The molecule has 1 atom stereocenters. The molecule has 0 unspecified atom stereocenters. The number of esters is 1. The number of carbonyl (C=O) groups is 3. The molecule has 3 aromatic carbocycles. The Bertz CT molecular complexity index is 1700. The van der Waals surface area contributed by atoms with Crippen molar-refractivity contribution >= 4 is 62.3 Å². The first-order chi connectivity index (χ1) is 20.1. The van der Waals surface area contributed by atoms with Crippen LogP contribution < -0.4 is 16.0 Å². The Balaban J connectivity index is 1.45. The maximum Gasteiger partial charge on any atom is 0.328 e. The summed E-state index contributed by atoms with van der Waals surface area (Å²) in [6.07, 6.45) is 1.33. The largest absolute Gasteiger partial charge is 0.467 e. The summed E-state index contributed by atoms with van der Waals surface area (Å²) in [5.41, 5.74) is 1.15. The number of pyridine rings is 1. The van der Waals surface area contributed by atoms with Gasteiger partial charge in [0.2, 0.25) is 9.84 Å². The van der Waals surface area contributed by atoms with Crippen molar-refractivity contribution in [3.05, 3.63) is 112 Å². The van der Waals surface area contributed by atoms with Gasteiger partial charge in [0.25, 0.3) is 5.91 Å². The fourth-order valence-electron chi connectivity index (χ4n) is 3.93. The lowest BCUT2D eigenvalue weighted by molar-refractivity contribution is -0.142. The Hall–Kier alpha value is -4.45. The zero-order valence-corrected chi connectivity index (χ0v) is 24.3. The number of hydrogen-bond donors (Lipinski definition) is 3. The third-order valence-corrected chi connectivity index (χ3v) is 8.32. The van der Waals surface area contributed by atoms with Crippen molar-refractivity contribution in [2.24, 2.45) is 0 Å². The lowest BCUT2D eigenvalue weighted by atomic mass is 10.1. The predicted molar refractivity (Wildman–Crippen MR) is 159 cm³/mol. The Labute approximate surface area is 251 Å². The van der Waals surface area contributed by atoms with Crippen molar-refractivity contribution in [2.45, 2.75) is 22.4 Å². The molecule has 0 saturated heterocycles. The monoisotopic (exact) mass is 626 g/mol. The van der Waals surface area contributed by atoms with Gasteiger partial charge in [-0.15, -0.1) is 0 Å². The molecule has 0 saturated carbocycles. The van der Waals surface area contributed by atoms with E-state index in [0.717, 1.165) is 0 Å². The Morgan fingerprint density at radius 2 is 1.52 bits per heavy atom. The summed E-state index contributed by atoms with van der Waals surface area (Å²) in [7, 11) is -2.86. The molecule has 10 nitrogen and oxygen atoms in total. The van der Waals surface area contributed by atoms with Crippen LogP contribution in [0.2, 0.25) is 10.0 Å². The van der Waals surface area contributed by atoms with Crippen LogP contribution in [0.5, 0.6) is 0 Å². The first-order valence-corrected chi connectivity index (χ1v) is 14.6. The zero-order valence-electron chi connectivity index (χ0n) is 22.0. The summed E-state index contributed by atoms with van der Waals surface area (Å²) in [5, 5.41) is 7.76. The number of sulfone groups is 1. The summed E-state index contributed by atoms with van der Waals surface area (Å²) in [6.45, 7) is 0. The molecule has 216 valence electrons. The number of nitrogens with zero attached hydrogens (tertiary/aromatic N) is 1. The van der Waals surface area contributed by atoms with Crippen LogP contribution in [-0.4, -0.2) is 44.5 Å². The van der Waals surface area contributed by atoms with Gasteiger partial charge in [-0.2, -0.15) is 0 Å². The maximum absolute atomic E-state index is 13.1. The SMILES string of the molecule is COC(=O)[C@H](Cc1ccc(NC(=O)c2c(Cl)cccc2Cl)cc1)NC(=O)Nc1cccnc1S(=O)(=O)c1ccccc1. The third-order valence-electron chi connectivity index (χ3n) is 5.96. The number of benzene rings is 3. The number of methoxy groups -OCH3 is 1. The number of hydrogen-bond acceptors (Lipinski definition) is 7. The van der Waals surface area contributed by atoms with E-state index in [0.29, 0.717) is 11.3 Å². The molecule has 42 heavy (non-hydrogen) atoms. The topological polar surface area (TPSA) is 144 Å². The molecule has 0 bridgehead atoms. The van der Waals surface area contributed by atoms with Gasteiger partial charge in [-0.05, 0) is 54.1 Å².